The van der Waals surface area contributed by atoms with Gasteiger partial charge in [-0.2, -0.15) is 0 Å². The SMILES string of the molecule is CC12CCCCC1CCCC2N. The smallest absolute Gasteiger partial charge is 0.00955 e. The maximum absolute atomic E-state index is 6.22. The summed E-state index contributed by atoms with van der Waals surface area (Å²) in [6.07, 6.45) is 9.80. The van der Waals surface area contributed by atoms with Crippen LogP contribution in [0.1, 0.15) is 51.9 Å². The summed E-state index contributed by atoms with van der Waals surface area (Å²) in [5.41, 5.74) is 6.73. The maximum Gasteiger partial charge on any atom is 0.00955 e. The van der Waals surface area contributed by atoms with Crippen LogP contribution in [0.25, 0.3) is 0 Å². The van der Waals surface area contributed by atoms with Crippen LogP contribution in [0.5, 0.6) is 0 Å². The standard InChI is InChI=1S/C11H21N/c1-11-8-3-2-5-9(11)6-4-7-10(11)12/h9-10H,2-8,12H2,1H3. The van der Waals surface area contributed by atoms with Crippen molar-refractivity contribution in [2.75, 3.05) is 0 Å². The molecule has 2 aliphatic rings. The summed E-state index contributed by atoms with van der Waals surface area (Å²) in [6, 6.07) is 0.497. The number of hydrogen-bond acceptors (Lipinski definition) is 1. The van der Waals surface area contributed by atoms with E-state index in [0.29, 0.717) is 11.5 Å². The first-order valence-electron chi connectivity index (χ1n) is 5.49. The van der Waals surface area contributed by atoms with Crippen molar-refractivity contribution in [3.63, 3.8) is 0 Å². The van der Waals surface area contributed by atoms with E-state index in [2.05, 4.69) is 6.92 Å². The molecule has 0 aromatic rings. The fourth-order valence-electron chi connectivity index (χ4n) is 3.31. The molecule has 70 valence electrons. The molecule has 0 aromatic heterocycles. The van der Waals surface area contributed by atoms with E-state index in [1.807, 2.05) is 0 Å². The Bertz CT molecular complexity index is 164. The van der Waals surface area contributed by atoms with Gasteiger partial charge in [0, 0.05) is 6.04 Å². The van der Waals surface area contributed by atoms with E-state index in [4.69, 9.17) is 5.73 Å². The summed E-state index contributed by atoms with van der Waals surface area (Å²) < 4.78 is 0. The Hall–Kier alpha value is -0.0400. The van der Waals surface area contributed by atoms with Crippen molar-refractivity contribution in [1.29, 1.82) is 0 Å². The van der Waals surface area contributed by atoms with Gasteiger partial charge in [-0.05, 0) is 37.0 Å². The van der Waals surface area contributed by atoms with Gasteiger partial charge in [-0.15, -0.1) is 0 Å². The molecule has 0 spiro atoms. The van der Waals surface area contributed by atoms with Gasteiger partial charge >= 0.3 is 0 Å². The first-order valence-corrected chi connectivity index (χ1v) is 5.49. The Balaban J connectivity index is 2.14. The summed E-state index contributed by atoms with van der Waals surface area (Å²) in [4.78, 5) is 0. The highest BCUT2D eigenvalue weighted by Crippen LogP contribution is 2.49. The Labute approximate surface area is 75.7 Å². The lowest BCUT2D eigenvalue weighted by molar-refractivity contribution is 0.0423. The van der Waals surface area contributed by atoms with Crippen molar-refractivity contribution in [2.24, 2.45) is 17.1 Å². The van der Waals surface area contributed by atoms with Crippen LogP contribution < -0.4 is 5.73 Å². The van der Waals surface area contributed by atoms with Gasteiger partial charge in [0.25, 0.3) is 0 Å². The zero-order chi connectivity index (χ0) is 8.60. The average Bonchev–Trinajstić information content (AvgIpc) is 2.07. The molecule has 0 aliphatic heterocycles. The molecule has 0 heterocycles. The van der Waals surface area contributed by atoms with E-state index >= 15 is 0 Å². The van der Waals surface area contributed by atoms with Crippen LogP contribution in [0.15, 0.2) is 0 Å². The van der Waals surface area contributed by atoms with Gasteiger partial charge in [0.15, 0.2) is 0 Å². The summed E-state index contributed by atoms with van der Waals surface area (Å²) in [6.45, 7) is 2.43. The Morgan fingerprint density at radius 2 is 1.83 bits per heavy atom. The third-order valence-electron chi connectivity index (χ3n) is 4.37. The van der Waals surface area contributed by atoms with Crippen LogP contribution in [0, 0.1) is 11.3 Å². The summed E-state index contributed by atoms with van der Waals surface area (Å²) >= 11 is 0. The molecular formula is C11H21N. The summed E-state index contributed by atoms with van der Waals surface area (Å²) in [7, 11) is 0. The highest BCUT2D eigenvalue weighted by Gasteiger charge is 2.42. The van der Waals surface area contributed by atoms with Crippen LogP contribution in [0.4, 0.5) is 0 Å². The van der Waals surface area contributed by atoms with Crippen molar-refractivity contribution in [3.8, 4) is 0 Å². The van der Waals surface area contributed by atoms with Crippen LogP contribution in [0.3, 0.4) is 0 Å². The molecule has 3 atom stereocenters. The van der Waals surface area contributed by atoms with Gasteiger partial charge < -0.3 is 5.73 Å². The zero-order valence-corrected chi connectivity index (χ0v) is 8.18. The highest BCUT2D eigenvalue weighted by molar-refractivity contribution is 4.96. The molecule has 2 saturated carbocycles. The highest BCUT2D eigenvalue weighted by atomic mass is 14.7. The van der Waals surface area contributed by atoms with Gasteiger partial charge in [-0.25, -0.2) is 0 Å². The van der Waals surface area contributed by atoms with E-state index in [0.717, 1.165) is 5.92 Å². The minimum atomic E-state index is 0.497. The predicted octanol–water partition coefficient (Wildman–Crippen LogP) is 2.69. The monoisotopic (exact) mass is 167 g/mol. The average molecular weight is 167 g/mol. The van der Waals surface area contributed by atoms with Crippen molar-refractivity contribution in [3.05, 3.63) is 0 Å². The van der Waals surface area contributed by atoms with E-state index in [1.165, 1.54) is 44.9 Å². The van der Waals surface area contributed by atoms with Gasteiger partial charge in [0.05, 0.1) is 0 Å². The van der Waals surface area contributed by atoms with Crippen LogP contribution in [-0.2, 0) is 0 Å². The zero-order valence-electron chi connectivity index (χ0n) is 8.18. The molecule has 0 bridgehead atoms. The van der Waals surface area contributed by atoms with Crippen LogP contribution in [-0.4, -0.2) is 6.04 Å². The molecule has 2 rings (SSSR count). The lowest BCUT2D eigenvalue weighted by Gasteiger charge is -2.49. The van der Waals surface area contributed by atoms with Crippen molar-refractivity contribution < 1.29 is 0 Å². The molecule has 3 unspecified atom stereocenters. The summed E-state index contributed by atoms with van der Waals surface area (Å²) in [5, 5.41) is 0. The normalized spacial score (nSPS) is 48.5. The topological polar surface area (TPSA) is 26.0 Å². The fraction of sp³-hybridized carbons (Fsp3) is 1.00. The van der Waals surface area contributed by atoms with E-state index in [1.54, 1.807) is 0 Å². The third kappa shape index (κ3) is 1.19. The molecule has 1 nitrogen and oxygen atoms in total. The number of hydrogen-bond donors (Lipinski definition) is 1. The number of nitrogens with two attached hydrogens (primary N) is 1. The number of rotatable bonds is 0. The van der Waals surface area contributed by atoms with Gasteiger partial charge in [-0.3, -0.25) is 0 Å². The van der Waals surface area contributed by atoms with Crippen LogP contribution >= 0.6 is 0 Å². The van der Waals surface area contributed by atoms with E-state index in [-0.39, 0.29) is 0 Å². The second kappa shape index (κ2) is 3.02. The molecule has 2 N–H and O–H groups in total. The predicted molar refractivity (Wildman–Crippen MR) is 51.9 cm³/mol. The number of fused-ring (bicyclic) bond motifs is 1. The molecule has 0 amide bonds. The molecular weight excluding hydrogens is 146 g/mol. The summed E-state index contributed by atoms with van der Waals surface area (Å²) in [5.74, 6) is 0.954. The quantitative estimate of drug-likeness (QED) is 0.590. The van der Waals surface area contributed by atoms with Crippen molar-refractivity contribution in [1.82, 2.24) is 0 Å². The van der Waals surface area contributed by atoms with Crippen LogP contribution in [0.2, 0.25) is 0 Å². The first-order chi connectivity index (χ1) is 5.73. The Kier molecular flexibility index (Phi) is 2.16. The molecule has 0 aromatic carbocycles. The largest absolute Gasteiger partial charge is 0.327 e. The Morgan fingerprint density at radius 3 is 2.58 bits per heavy atom. The second-order valence-corrected chi connectivity index (χ2v) is 4.99. The first kappa shape index (κ1) is 8.55. The van der Waals surface area contributed by atoms with Gasteiger partial charge in [0.2, 0.25) is 0 Å². The minimum Gasteiger partial charge on any atom is -0.327 e. The van der Waals surface area contributed by atoms with Crippen molar-refractivity contribution >= 4 is 0 Å². The molecule has 1 heteroatoms. The third-order valence-corrected chi connectivity index (χ3v) is 4.37. The fourth-order valence-corrected chi connectivity index (χ4v) is 3.31. The molecule has 0 radical (unpaired) electrons. The lowest BCUT2D eigenvalue weighted by atomic mass is 9.58. The second-order valence-electron chi connectivity index (χ2n) is 4.99. The lowest BCUT2D eigenvalue weighted by Crippen LogP contribution is -2.49. The van der Waals surface area contributed by atoms with E-state index < -0.39 is 0 Å². The molecule has 2 aliphatic carbocycles. The minimum absolute atomic E-state index is 0.497. The van der Waals surface area contributed by atoms with E-state index in [9.17, 15) is 0 Å². The Morgan fingerprint density at radius 1 is 1.08 bits per heavy atom. The molecule has 12 heavy (non-hydrogen) atoms. The maximum atomic E-state index is 6.22. The van der Waals surface area contributed by atoms with Crippen molar-refractivity contribution in [2.45, 2.75) is 57.9 Å². The van der Waals surface area contributed by atoms with Gasteiger partial charge in [0.1, 0.15) is 0 Å². The molecule has 0 saturated heterocycles. The van der Waals surface area contributed by atoms with Gasteiger partial charge in [-0.1, -0.05) is 26.2 Å². The molecule has 2 fully saturated rings.